The van der Waals surface area contributed by atoms with Crippen LogP contribution in [0.25, 0.3) is 0 Å². The molecule has 0 spiro atoms. The molecule has 24 heavy (non-hydrogen) atoms. The zero-order valence-electron chi connectivity index (χ0n) is 14.2. The van der Waals surface area contributed by atoms with Crippen LogP contribution in [0, 0.1) is 18.8 Å². The first kappa shape index (κ1) is 15.3. The smallest absolute Gasteiger partial charge is 0.272 e. The maximum Gasteiger partial charge on any atom is 0.272 e. The van der Waals surface area contributed by atoms with Crippen molar-refractivity contribution in [2.24, 2.45) is 11.8 Å². The van der Waals surface area contributed by atoms with Gasteiger partial charge in [0.05, 0.1) is 0 Å². The third kappa shape index (κ3) is 2.51. The van der Waals surface area contributed by atoms with Gasteiger partial charge in [-0.2, -0.15) is 0 Å². The number of rotatable bonds is 2. The quantitative estimate of drug-likeness (QED) is 0.853. The first-order chi connectivity index (χ1) is 11.6. The lowest BCUT2D eigenvalue weighted by Gasteiger charge is -2.28. The van der Waals surface area contributed by atoms with Crippen LogP contribution >= 0.6 is 0 Å². The maximum absolute atomic E-state index is 12.7. The zero-order valence-corrected chi connectivity index (χ0v) is 14.2. The number of aromatic nitrogens is 1. The average Bonchev–Trinajstić information content (AvgIpc) is 3.12. The Balaban J connectivity index is 1.57. The topological polar surface area (TPSA) is 36.4 Å². The van der Waals surface area contributed by atoms with E-state index in [2.05, 4.69) is 48.1 Å². The van der Waals surface area contributed by atoms with Gasteiger partial charge in [-0.1, -0.05) is 30.3 Å². The molecule has 1 aromatic heterocycles. The van der Waals surface area contributed by atoms with Crippen LogP contribution in [0.2, 0.25) is 0 Å². The zero-order chi connectivity index (χ0) is 16.7. The van der Waals surface area contributed by atoms with Crippen molar-refractivity contribution in [2.45, 2.75) is 13.0 Å². The number of nitrogens with zero attached hydrogens (tertiary/aromatic N) is 3. The molecular formula is C20H23N3O. The van der Waals surface area contributed by atoms with Gasteiger partial charge in [-0.25, -0.2) is 0 Å². The fraction of sp³-hybridized carbons (Fsp3) is 0.400. The van der Waals surface area contributed by atoms with Crippen LogP contribution in [-0.4, -0.2) is 47.4 Å². The Morgan fingerprint density at radius 1 is 1.08 bits per heavy atom. The van der Waals surface area contributed by atoms with Crippen molar-refractivity contribution >= 4 is 5.91 Å². The summed E-state index contributed by atoms with van der Waals surface area (Å²) < 4.78 is 0. The van der Waals surface area contributed by atoms with Crippen LogP contribution < -0.4 is 0 Å². The van der Waals surface area contributed by atoms with Crippen molar-refractivity contribution in [3.63, 3.8) is 0 Å². The SMILES string of the molecule is Cc1ccccc1[C@@H]1[C@@H]2CN(C(=O)c3ccccn3)C[C@@H]2CN1C. The first-order valence-corrected chi connectivity index (χ1v) is 8.61. The molecular weight excluding hydrogens is 298 g/mol. The molecule has 4 heteroatoms. The van der Waals surface area contributed by atoms with E-state index in [1.165, 1.54) is 11.1 Å². The highest BCUT2D eigenvalue weighted by Crippen LogP contribution is 2.44. The van der Waals surface area contributed by atoms with Gasteiger partial charge in [0.25, 0.3) is 5.91 Å². The summed E-state index contributed by atoms with van der Waals surface area (Å²) in [5.74, 6) is 1.12. The summed E-state index contributed by atoms with van der Waals surface area (Å²) in [6.07, 6.45) is 1.69. The van der Waals surface area contributed by atoms with Gasteiger partial charge in [-0.3, -0.25) is 14.7 Å². The van der Waals surface area contributed by atoms with E-state index in [-0.39, 0.29) is 5.91 Å². The summed E-state index contributed by atoms with van der Waals surface area (Å²) in [4.78, 5) is 21.4. The van der Waals surface area contributed by atoms with Crippen LogP contribution in [-0.2, 0) is 0 Å². The molecule has 2 aliphatic heterocycles. The van der Waals surface area contributed by atoms with Crippen LogP contribution in [0.5, 0.6) is 0 Å². The summed E-state index contributed by atoms with van der Waals surface area (Å²) in [5.41, 5.74) is 3.29. The lowest BCUT2D eigenvalue weighted by atomic mass is 9.88. The van der Waals surface area contributed by atoms with Crippen molar-refractivity contribution in [2.75, 3.05) is 26.7 Å². The number of pyridine rings is 1. The molecule has 0 bridgehead atoms. The highest BCUT2D eigenvalue weighted by atomic mass is 16.2. The van der Waals surface area contributed by atoms with Crippen molar-refractivity contribution in [3.05, 3.63) is 65.5 Å². The van der Waals surface area contributed by atoms with E-state index in [9.17, 15) is 4.79 Å². The minimum atomic E-state index is 0.0659. The highest BCUT2D eigenvalue weighted by molar-refractivity contribution is 5.92. The number of likely N-dealkylation sites (tertiary alicyclic amines) is 2. The molecule has 2 aromatic rings. The number of hydrogen-bond acceptors (Lipinski definition) is 3. The second-order valence-electron chi connectivity index (χ2n) is 7.09. The fourth-order valence-electron chi connectivity index (χ4n) is 4.46. The van der Waals surface area contributed by atoms with E-state index in [1.807, 2.05) is 17.0 Å². The van der Waals surface area contributed by atoms with Crippen LogP contribution in [0.15, 0.2) is 48.7 Å². The number of carbonyl (C=O) groups excluding carboxylic acids is 1. The molecule has 3 atom stereocenters. The van der Waals surface area contributed by atoms with Crippen molar-refractivity contribution in [3.8, 4) is 0 Å². The molecule has 0 aliphatic carbocycles. The van der Waals surface area contributed by atoms with Gasteiger partial charge >= 0.3 is 0 Å². The molecule has 1 aromatic carbocycles. The first-order valence-electron chi connectivity index (χ1n) is 8.61. The Kier molecular flexibility index (Phi) is 3.85. The molecule has 124 valence electrons. The fourth-order valence-corrected chi connectivity index (χ4v) is 4.46. The Hall–Kier alpha value is -2.20. The third-order valence-corrected chi connectivity index (χ3v) is 5.57. The summed E-state index contributed by atoms with van der Waals surface area (Å²) in [5, 5.41) is 0. The van der Waals surface area contributed by atoms with E-state index in [0.717, 1.165) is 19.6 Å². The highest BCUT2D eigenvalue weighted by Gasteiger charge is 2.47. The van der Waals surface area contributed by atoms with E-state index in [0.29, 0.717) is 23.6 Å². The predicted octanol–water partition coefficient (Wildman–Crippen LogP) is 2.76. The summed E-state index contributed by atoms with van der Waals surface area (Å²) in [6, 6.07) is 14.6. The third-order valence-electron chi connectivity index (χ3n) is 5.57. The van der Waals surface area contributed by atoms with Gasteiger partial charge in [-0.05, 0) is 43.1 Å². The van der Waals surface area contributed by atoms with Crippen LogP contribution in [0.4, 0.5) is 0 Å². The molecule has 0 unspecified atom stereocenters. The normalized spacial score (nSPS) is 26.6. The van der Waals surface area contributed by atoms with E-state index < -0.39 is 0 Å². The van der Waals surface area contributed by atoms with E-state index in [1.54, 1.807) is 12.3 Å². The lowest BCUT2D eigenvalue weighted by Crippen LogP contribution is -2.34. The number of carbonyl (C=O) groups is 1. The van der Waals surface area contributed by atoms with Gasteiger partial charge in [0.2, 0.25) is 0 Å². The average molecular weight is 321 g/mol. The van der Waals surface area contributed by atoms with Crippen LogP contribution in [0.3, 0.4) is 0 Å². The molecule has 1 amide bonds. The van der Waals surface area contributed by atoms with Gasteiger partial charge < -0.3 is 4.90 Å². The Bertz CT molecular complexity index is 746. The Morgan fingerprint density at radius 2 is 1.88 bits per heavy atom. The number of amides is 1. The largest absolute Gasteiger partial charge is 0.337 e. The predicted molar refractivity (Wildman–Crippen MR) is 93.7 cm³/mol. The molecule has 0 saturated carbocycles. The molecule has 4 nitrogen and oxygen atoms in total. The van der Waals surface area contributed by atoms with Gasteiger partial charge in [0, 0.05) is 37.8 Å². The van der Waals surface area contributed by atoms with Gasteiger partial charge in [0.1, 0.15) is 5.69 Å². The van der Waals surface area contributed by atoms with Crippen molar-refractivity contribution in [1.29, 1.82) is 0 Å². The second kappa shape index (κ2) is 6.02. The summed E-state index contributed by atoms with van der Waals surface area (Å²) in [6.45, 7) is 4.90. The Morgan fingerprint density at radius 3 is 2.62 bits per heavy atom. The lowest BCUT2D eigenvalue weighted by molar-refractivity contribution is 0.0762. The molecule has 4 rings (SSSR count). The molecule has 0 N–H and O–H groups in total. The summed E-state index contributed by atoms with van der Waals surface area (Å²) >= 11 is 0. The molecule has 2 aliphatic rings. The molecule has 3 heterocycles. The van der Waals surface area contributed by atoms with Gasteiger partial charge in [0.15, 0.2) is 0 Å². The summed E-state index contributed by atoms with van der Waals surface area (Å²) in [7, 11) is 2.21. The Labute approximate surface area is 143 Å². The number of aryl methyl sites for hydroxylation is 1. The number of hydrogen-bond donors (Lipinski definition) is 0. The van der Waals surface area contributed by atoms with Crippen LogP contribution in [0.1, 0.15) is 27.7 Å². The van der Waals surface area contributed by atoms with E-state index in [4.69, 9.17) is 0 Å². The number of benzene rings is 1. The number of fused-ring (bicyclic) bond motifs is 1. The minimum Gasteiger partial charge on any atom is -0.337 e. The van der Waals surface area contributed by atoms with Gasteiger partial charge in [-0.15, -0.1) is 0 Å². The van der Waals surface area contributed by atoms with Crippen molar-refractivity contribution < 1.29 is 4.79 Å². The van der Waals surface area contributed by atoms with Crippen molar-refractivity contribution in [1.82, 2.24) is 14.8 Å². The molecule has 2 saturated heterocycles. The standard InChI is InChI=1S/C20H23N3O/c1-14-7-3-4-8-16(14)19-17-13-23(12-15(17)11-22(19)2)20(24)18-9-5-6-10-21-18/h3-10,15,17,19H,11-13H2,1-2H3/t15-,17+,19+/m0/s1. The molecule has 2 fully saturated rings. The van der Waals surface area contributed by atoms with E-state index >= 15 is 0 Å². The monoisotopic (exact) mass is 321 g/mol. The minimum absolute atomic E-state index is 0.0659. The maximum atomic E-state index is 12.7. The second-order valence-corrected chi connectivity index (χ2v) is 7.09. The molecule has 0 radical (unpaired) electrons.